The first-order chi connectivity index (χ1) is 43.3. The van der Waals surface area contributed by atoms with Gasteiger partial charge in [-0.15, -0.1) is 5.10 Å². The molecular formula is C63H81N15O12. The van der Waals surface area contributed by atoms with E-state index in [4.69, 9.17) is 29.4 Å². The number of esters is 1. The van der Waals surface area contributed by atoms with Crippen molar-refractivity contribution >= 4 is 47.2 Å². The van der Waals surface area contributed by atoms with Crippen molar-refractivity contribution in [3.05, 3.63) is 114 Å². The molecule has 9 rings (SSSR count). The lowest BCUT2D eigenvalue weighted by Gasteiger charge is -2.39. The minimum absolute atomic E-state index is 0.0346. The predicted molar refractivity (Wildman–Crippen MR) is 327 cm³/mol. The minimum atomic E-state index is -0.800. The Morgan fingerprint density at radius 3 is 2.29 bits per heavy atom. The number of carbonyl (C=O) groups excluding carboxylic acids is 7. The summed E-state index contributed by atoms with van der Waals surface area (Å²) in [6.45, 7) is 11.5. The molecule has 3 atom stereocenters. The highest BCUT2D eigenvalue weighted by atomic mass is 16.5. The quantitative estimate of drug-likeness (QED) is 0.0204. The van der Waals surface area contributed by atoms with Crippen LogP contribution in [0.25, 0.3) is 11.1 Å². The number of nitrogens with zero attached hydrogens (tertiary/aromatic N) is 8. The molecule has 5 heterocycles. The maximum absolute atomic E-state index is 14.1. The van der Waals surface area contributed by atoms with E-state index < -0.39 is 41.8 Å². The largest absolute Gasteiger partial charge is 0.487 e. The Bertz CT molecular complexity index is 3410. The van der Waals surface area contributed by atoms with Crippen LogP contribution in [0.3, 0.4) is 0 Å². The Balaban J connectivity index is 0.623. The molecule has 3 fully saturated rings. The third-order valence-corrected chi connectivity index (χ3v) is 15.8. The van der Waals surface area contributed by atoms with Gasteiger partial charge in [-0.1, -0.05) is 44.2 Å². The molecule has 3 aliphatic rings. The number of hydrogen-bond acceptors (Lipinski definition) is 17. The van der Waals surface area contributed by atoms with Crippen LogP contribution in [0.2, 0.25) is 0 Å². The van der Waals surface area contributed by atoms with Crippen LogP contribution in [0, 0.1) is 42.9 Å². The van der Waals surface area contributed by atoms with Crippen LogP contribution in [0.15, 0.2) is 85.3 Å². The molecular weight excluding hydrogens is 1160 g/mol. The van der Waals surface area contributed by atoms with E-state index in [0.717, 1.165) is 48.2 Å². The van der Waals surface area contributed by atoms with Crippen molar-refractivity contribution < 1.29 is 57.2 Å². The zero-order valence-electron chi connectivity index (χ0n) is 51.7. The number of carbonyl (C=O) groups is 7. The Hall–Kier alpha value is -9.24. The lowest BCUT2D eigenvalue weighted by atomic mass is 9.88. The Kier molecular flexibility index (Phi) is 22.0. The highest BCUT2D eigenvalue weighted by molar-refractivity contribution is 6.01. The van der Waals surface area contributed by atoms with Crippen LogP contribution in [0.4, 0.5) is 10.5 Å². The molecule has 2 aliphatic carbocycles. The van der Waals surface area contributed by atoms with Gasteiger partial charge in [0.2, 0.25) is 23.6 Å². The summed E-state index contributed by atoms with van der Waals surface area (Å²) in [6.07, 6.45) is 9.95. The van der Waals surface area contributed by atoms with E-state index >= 15 is 0 Å². The monoisotopic (exact) mass is 1240 g/mol. The topological polar surface area (TPSA) is 345 Å². The number of aromatic amines is 1. The first-order valence-electron chi connectivity index (χ1n) is 30.5. The van der Waals surface area contributed by atoms with Crippen LogP contribution in [-0.4, -0.2) is 158 Å². The van der Waals surface area contributed by atoms with Gasteiger partial charge in [0.1, 0.15) is 47.6 Å². The average molecular weight is 1240 g/mol. The second-order valence-corrected chi connectivity index (χ2v) is 24.3. The fourth-order valence-corrected chi connectivity index (χ4v) is 10.7. The summed E-state index contributed by atoms with van der Waals surface area (Å²) in [7, 11) is 1.28. The van der Waals surface area contributed by atoms with Crippen molar-refractivity contribution in [3.8, 4) is 28.5 Å². The molecule has 0 bridgehead atoms. The molecule has 4 aromatic heterocycles. The van der Waals surface area contributed by atoms with E-state index in [9.17, 15) is 33.6 Å². The number of nitrogens with two attached hydrogens (primary N) is 1. The van der Waals surface area contributed by atoms with E-state index in [1.165, 1.54) is 22.9 Å². The maximum Gasteiger partial charge on any atom is 0.328 e. The SMILES string of the molecule is COC(=O)[C@H](CCC(C)(C)C)NC(=O)c1ccc(Oc2cccc(OC3CN(C(=O)NCC(COCCOCc4cn(CC(=O)NCCCn5nccc5C(=O)N[C@H](C(=O)Nc5ccc(-c6c(C)n[nH]c6C)cc5)C(C5CC5)C5CC5)nn4)C(N)=O)C3)c2)nc1. The molecule has 7 amide bonds. The van der Waals surface area contributed by atoms with Crippen molar-refractivity contribution in [2.75, 3.05) is 58.4 Å². The summed E-state index contributed by atoms with van der Waals surface area (Å²) in [4.78, 5) is 97.1. The molecule has 8 N–H and O–H groups in total. The number of rotatable bonds is 33. The van der Waals surface area contributed by atoms with Gasteiger partial charge in [-0.05, 0) is 124 Å². The second kappa shape index (κ2) is 30.3. The van der Waals surface area contributed by atoms with Gasteiger partial charge < -0.3 is 60.9 Å². The van der Waals surface area contributed by atoms with Crippen molar-refractivity contribution in [1.82, 2.24) is 66.1 Å². The third-order valence-electron chi connectivity index (χ3n) is 15.8. The molecule has 1 unspecified atom stereocenters. The first-order valence-corrected chi connectivity index (χ1v) is 30.5. The van der Waals surface area contributed by atoms with Gasteiger partial charge in [0.15, 0.2) is 0 Å². The van der Waals surface area contributed by atoms with Gasteiger partial charge in [0.05, 0.1) is 70.0 Å². The Morgan fingerprint density at radius 1 is 0.867 bits per heavy atom. The standard InChI is InChI=1S/C63H81N15O12/c1-38-54(39(2)73-72-38)40-15-18-45(19-16-40)69-60(83)56(55(41-11-12-41)42-13-14-42)71-59(82)51-22-25-68-78(51)26-8-24-65-52(79)35-77-32-46(74-75-77)37-88-28-27-87-36-44(57(64)80)31-67-62(85)76-33-49(34-76)89-47-9-7-10-48(29-47)90-53-20-17-43(30-66-53)58(81)70-50(61(84)86-6)21-23-63(3,4)5/h7,9-10,15-20,22,25,29-30,32,41-42,44,49-50,55-56H,8,11-14,21,23-24,26-28,31,33-37H2,1-6H3,(H2,64,80)(H,65,79)(H,67,85)(H,69,83)(H,70,81)(H,71,82)(H,72,73)/t44?,50-,56-/m0/s1. The van der Waals surface area contributed by atoms with Crippen LogP contribution in [-0.2, 0) is 53.1 Å². The van der Waals surface area contributed by atoms with E-state index in [1.54, 1.807) is 59.5 Å². The molecule has 0 spiro atoms. The molecule has 0 radical (unpaired) electrons. The number of amides is 7. The molecule has 90 heavy (non-hydrogen) atoms. The van der Waals surface area contributed by atoms with Crippen LogP contribution in [0.5, 0.6) is 17.4 Å². The number of likely N-dealkylation sites (tertiary alicyclic amines) is 1. The van der Waals surface area contributed by atoms with E-state index in [2.05, 4.69) is 77.9 Å². The second-order valence-electron chi connectivity index (χ2n) is 24.3. The number of aromatic nitrogens is 8. The van der Waals surface area contributed by atoms with Crippen LogP contribution < -0.4 is 41.8 Å². The first kappa shape index (κ1) is 65.2. The highest BCUT2D eigenvalue weighted by Crippen LogP contribution is 2.51. The van der Waals surface area contributed by atoms with E-state index in [0.29, 0.717) is 85.9 Å². The summed E-state index contributed by atoms with van der Waals surface area (Å²) < 4.78 is 31.2. The van der Waals surface area contributed by atoms with Crippen LogP contribution in [0.1, 0.15) is 104 Å². The van der Waals surface area contributed by atoms with Crippen molar-refractivity contribution in [3.63, 3.8) is 0 Å². The van der Waals surface area contributed by atoms with Gasteiger partial charge in [0, 0.05) is 61.1 Å². The number of methoxy groups -OCH3 is 1. The number of anilines is 1. The lowest BCUT2D eigenvalue weighted by Crippen LogP contribution is -2.59. The number of ether oxygens (including phenoxy) is 5. The summed E-state index contributed by atoms with van der Waals surface area (Å²) in [5.41, 5.74) is 11.2. The van der Waals surface area contributed by atoms with Crippen molar-refractivity contribution in [2.24, 2.45) is 34.8 Å². The van der Waals surface area contributed by atoms with Gasteiger partial charge in [-0.2, -0.15) is 10.2 Å². The summed E-state index contributed by atoms with van der Waals surface area (Å²) >= 11 is 0. The summed E-state index contributed by atoms with van der Waals surface area (Å²) in [5.74, 6) is -1.37. The number of benzene rings is 2. The molecule has 6 aromatic rings. The fourth-order valence-electron chi connectivity index (χ4n) is 10.7. The third kappa shape index (κ3) is 18.7. The van der Waals surface area contributed by atoms with Gasteiger partial charge in [0.25, 0.3) is 11.8 Å². The number of aryl methyl sites for hydroxylation is 3. The number of H-pyrrole nitrogens is 1. The van der Waals surface area contributed by atoms with Crippen LogP contribution >= 0.6 is 0 Å². The number of pyridine rings is 1. The normalized spacial score (nSPS) is 15.0. The van der Waals surface area contributed by atoms with Gasteiger partial charge in [-0.25, -0.2) is 19.3 Å². The number of primary amides is 1. The molecule has 1 saturated heterocycles. The molecule has 1 aliphatic heterocycles. The van der Waals surface area contributed by atoms with E-state index in [-0.39, 0.29) is 86.1 Å². The lowest BCUT2D eigenvalue weighted by molar-refractivity contribution is -0.143. The molecule has 27 heteroatoms. The molecule has 480 valence electrons. The summed E-state index contributed by atoms with van der Waals surface area (Å²) in [6, 6.07) is 17.4. The van der Waals surface area contributed by atoms with Gasteiger partial charge >= 0.3 is 12.0 Å². The predicted octanol–water partition coefficient (Wildman–Crippen LogP) is 5.25. The molecule has 2 aromatic carbocycles. The highest BCUT2D eigenvalue weighted by Gasteiger charge is 2.48. The Morgan fingerprint density at radius 2 is 1.61 bits per heavy atom. The molecule has 27 nitrogen and oxygen atoms in total. The van der Waals surface area contributed by atoms with Crippen molar-refractivity contribution in [2.45, 2.75) is 117 Å². The molecule has 2 saturated carbocycles. The van der Waals surface area contributed by atoms with Crippen molar-refractivity contribution in [1.29, 1.82) is 0 Å². The smallest absolute Gasteiger partial charge is 0.328 e. The number of urea groups is 1. The zero-order valence-corrected chi connectivity index (χ0v) is 51.7. The summed E-state index contributed by atoms with van der Waals surface area (Å²) in [5, 5.41) is 34.4. The average Bonchev–Trinajstić information content (AvgIpc) is 1.72. The van der Waals surface area contributed by atoms with Gasteiger partial charge in [-0.3, -0.25) is 33.8 Å². The zero-order chi connectivity index (χ0) is 63.9. The fraction of sp³-hybridized carbons (Fsp3) is 0.492. The minimum Gasteiger partial charge on any atom is -0.487 e. The number of hydrogen-bond donors (Lipinski definition) is 7. The number of nitrogens with one attached hydrogen (secondary N) is 6. The maximum atomic E-state index is 14.1. The van der Waals surface area contributed by atoms with E-state index in [1.807, 2.05) is 38.1 Å². The Labute approximate surface area is 521 Å².